The summed E-state index contributed by atoms with van der Waals surface area (Å²) in [6.07, 6.45) is 14.1. The SMILES string of the molecule is c1cnc(C[C@@H]2CCCN(c3cnccn3)C2)cn1. The summed E-state index contributed by atoms with van der Waals surface area (Å²) in [7, 11) is 0. The molecule has 2 aromatic heterocycles. The Labute approximate surface area is 112 Å². The van der Waals surface area contributed by atoms with Crippen molar-refractivity contribution in [2.45, 2.75) is 19.3 Å². The molecule has 0 aliphatic carbocycles. The summed E-state index contributed by atoms with van der Waals surface area (Å²) in [6.45, 7) is 2.09. The van der Waals surface area contributed by atoms with E-state index in [0.717, 1.165) is 31.0 Å². The van der Waals surface area contributed by atoms with Gasteiger partial charge in [0.2, 0.25) is 0 Å². The van der Waals surface area contributed by atoms with E-state index >= 15 is 0 Å². The van der Waals surface area contributed by atoms with E-state index < -0.39 is 0 Å². The van der Waals surface area contributed by atoms with Crippen molar-refractivity contribution >= 4 is 5.82 Å². The molecule has 0 amide bonds. The van der Waals surface area contributed by atoms with Gasteiger partial charge in [-0.3, -0.25) is 15.0 Å². The highest BCUT2D eigenvalue weighted by atomic mass is 15.2. The average molecular weight is 255 g/mol. The number of piperidine rings is 1. The number of aromatic nitrogens is 4. The maximum absolute atomic E-state index is 4.38. The highest BCUT2D eigenvalue weighted by molar-refractivity contribution is 5.35. The number of nitrogens with zero attached hydrogens (tertiary/aromatic N) is 5. The largest absolute Gasteiger partial charge is 0.355 e. The Hall–Kier alpha value is -2.04. The van der Waals surface area contributed by atoms with Crippen LogP contribution in [0.15, 0.2) is 37.2 Å². The first-order valence-corrected chi connectivity index (χ1v) is 6.67. The van der Waals surface area contributed by atoms with Crippen LogP contribution < -0.4 is 4.90 Å². The molecule has 3 heterocycles. The van der Waals surface area contributed by atoms with Crippen LogP contribution in [0, 0.1) is 5.92 Å². The highest BCUT2D eigenvalue weighted by Gasteiger charge is 2.21. The standard InChI is InChI=1S/C14H17N5/c1-2-12(8-13-9-15-3-5-17-13)11-19(7-1)14-10-16-4-6-18-14/h3-6,9-10,12H,1-2,7-8,11H2/t12-/m0/s1. The van der Waals surface area contributed by atoms with Crippen LogP contribution >= 0.6 is 0 Å². The topological polar surface area (TPSA) is 54.8 Å². The first-order chi connectivity index (χ1) is 9.42. The molecule has 1 aliphatic rings. The van der Waals surface area contributed by atoms with Crippen LogP contribution in [0.1, 0.15) is 18.5 Å². The molecule has 0 radical (unpaired) electrons. The lowest BCUT2D eigenvalue weighted by atomic mass is 9.93. The van der Waals surface area contributed by atoms with Crippen molar-refractivity contribution < 1.29 is 0 Å². The summed E-state index contributed by atoms with van der Waals surface area (Å²) in [4.78, 5) is 19.3. The lowest BCUT2D eigenvalue weighted by molar-refractivity contribution is 0.407. The van der Waals surface area contributed by atoms with E-state index in [4.69, 9.17) is 0 Å². The van der Waals surface area contributed by atoms with Gasteiger partial charge >= 0.3 is 0 Å². The first kappa shape index (κ1) is 12.0. The van der Waals surface area contributed by atoms with Gasteiger partial charge in [0.25, 0.3) is 0 Å². The van der Waals surface area contributed by atoms with Crippen molar-refractivity contribution in [2.24, 2.45) is 5.92 Å². The molecule has 0 N–H and O–H groups in total. The molecule has 0 unspecified atom stereocenters. The Bertz CT molecular complexity index is 502. The molecule has 0 aromatic carbocycles. The smallest absolute Gasteiger partial charge is 0.147 e. The fourth-order valence-corrected chi connectivity index (χ4v) is 2.63. The number of hydrogen-bond donors (Lipinski definition) is 0. The zero-order valence-electron chi connectivity index (χ0n) is 10.8. The minimum atomic E-state index is 0.618. The summed E-state index contributed by atoms with van der Waals surface area (Å²) in [5, 5.41) is 0. The summed E-state index contributed by atoms with van der Waals surface area (Å²) in [5.41, 5.74) is 1.08. The van der Waals surface area contributed by atoms with Crippen molar-refractivity contribution in [1.29, 1.82) is 0 Å². The molecule has 3 rings (SSSR count). The van der Waals surface area contributed by atoms with Crippen LogP contribution in [0.5, 0.6) is 0 Å². The second kappa shape index (κ2) is 5.73. The van der Waals surface area contributed by atoms with Crippen LogP contribution in [0.3, 0.4) is 0 Å². The van der Waals surface area contributed by atoms with Gasteiger partial charge in [0.05, 0.1) is 11.9 Å². The first-order valence-electron chi connectivity index (χ1n) is 6.67. The predicted octanol–water partition coefficient (Wildman–Crippen LogP) is 1.73. The van der Waals surface area contributed by atoms with Crippen LogP contribution in [0.25, 0.3) is 0 Å². The molecular weight excluding hydrogens is 238 g/mol. The summed E-state index contributed by atoms with van der Waals surface area (Å²) in [5.74, 6) is 1.60. The summed E-state index contributed by atoms with van der Waals surface area (Å²) >= 11 is 0. The van der Waals surface area contributed by atoms with E-state index in [9.17, 15) is 0 Å². The Morgan fingerprint density at radius 3 is 2.63 bits per heavy atom. The van der Waals surface area contributed by atoms with Gasteiger partial charge in [0.15, 0.2) is 0 Å². The molecule has 1 atom stereocenters. The Morgan fingerprint density at radius 1 is 1.05 bits per heavy atom. The molecule has 98 valence electrons. The van der Waals surface area contributed by atoms with Crippen molar-refractivity contribution in [1.82, 2.24) is 19.9 Å². The van der Waals surface area contributed by atoms with Crippen molar-refractivity contribution in [3.63, 3.8) is 0 Å². The third-order valence-corrected chi connectivity index (χ3v) is 3.51. The van der Waals surface area contributed by atoms with Gasteiger partial charge in [-0.1, -0.05) is 0 Å². The van der Waals surface area contributed by atoms with Crippen molar-refractivity contribution in [2.75, 3.05) is 18.0 Å². The van der Waals surface area contributed by atoms with Crippen molar-refractivity contribution in [3.8, 4) is 0 Å². The molecule has 5 heteroatoms. The van der Waals surface area contributed by atoms with Gasteiger partial charge in [0, 0.05) is 44.1 Å². The second-order valence-corrected chi connectivity index (χ2v) is 4.92. The summed E-state index contributed by atoms with van der Waals surface area (Å²) < 4.78 is 0. The van der Waals surface area contributed by atoms with E-state index in [-0.39, 0.29) is 0 Å². The predicted molar refractivity (Wildman–Crippen MR) is 72.7 cm³/mol. The molecule has 1 saturated heterocycles. The van der Waals surface area contributed by atoms with Gasteiger partial charge < -0.3 is 4.90 Å². The number of hydrogen-bond acceptors (Lipinski definition) is 5. The third-order valence-electron chi connectivity index (χ3n) is 3.51. The molecule has 0 saturated carbocycles. The van der Waals surface area contributed by atoms with Crippen LogP contribution in [0.2, 0.25) is 0 Å². The number of rotatable bonds is 3. The summed E-state index contributed by atoms with van der Waals surface area (Å²) in [6, 6.07) is 0. The molecule has 1 aliphatic heterocycles. The van der Waals surface area contributed by atoms with Gasteiger partial charge in [-0.05, 0) is 25.2 Å². The van der Waals surface area contributed by atoms with Crippen molar-refractivity contribution in [3.05, 3.63) is 42.9 Å². The van der Waals surface area contributed by atoms with E-state index in [0.29, 0.717) is 5.92 Å². The van der Waals surface area contributed by atoms with Gasteiger partial charge in [0.1, 0.15) is 5.82 Å². The van der Waals surface area contributed by atoms with E-state index in [1.165, 1.54) is 12.8 Å². The zero-order valence-corrected chi connectivity index (χ0v) is 10.8. The molecule has 0 spiro atoms. The maximum atomic E-state index is 4.38. The lowest BCUT2D eigenvalue weighted by Gasteiger charge is -2.33. The Morgan fingerprint density at radius 2 is 1.89 bits per heavy atom. The average Bonchev–Trinajstić information content (AvgIpc) is 2.49. The van der Waals surface area contributed by atoms with Gasteiger partial charge in [-0.25, -0.2) is 4.98 Å². The van der Waals surface area contributed by atoms with E-state index in [1.807, 2.05) is 12.4 Å². The molecule has 1 fully saturated rings. The second-order valence-electron chi connectivity index (χ2n) is 4.92. The molecule has 0 bridgehead atoms. The minimum absolute atomic E-state index is 0.618. The Kier molecular flexibility index (Phi) is 3.63. The van der Waals surface area contributed by atoms with Crippen LogP contribution in [0.4, 0.5) is 5.82 Å². The molecular formula is C14H17N5. The monoisotopic (exact) mass is 255 g/mol. The minimum Gasteiger partial charge on any atom is -0.355 e. The fourth-order valence-electron chi connectivity index (χ4n) is 2.63. The fraction of sp³-hybridized carbons (Fsp3) is 0.429. The molecule has 5 nitrogen and oxygen atoms in total. The molecule has 19 heavy (non-hydrogen) atoms. The van der Waals surface area contributed by atoms with Gasteiger partial charge in [-0.15, -0.1) is 0 Å². The Balaban J connectivity index is 1.65. The van der Waals surface area contributed by atoms with Crippen LogP contribution in [-0.4, -0.2) is 33.0 Å². The lowest BCUT2D eigenvalue weighted by Crippen LogP contribution is -2.36. The molecule has 2 aromatic rings. The van der Waals surface area contributed by atoms with E-state index in [2.05, 4.69) is 24.8 Å². The maximum Gasteiger partial charge on any atom is 0.147 e. The van der Waals surface area contributed by atoms with Crippen LogP contribution in [-0.2, 0) is 6.42 Å². The highest BCUT2D eigenvalue weighted by Crippen LogP contribution is 2.23. The van der Waals surface area contributed by atoms with E-state index in [1.54, 1.807) is 24.8 Å². The van der Waals surface area contributed by atoms with Gasteiger partial charge in [-0.2, -0.15) is 0 Å². The zero-order chi connectivity index (χ0) is 12.9. The third kappa shape index (κ3) is 3.05. The quantitative estimate of drug-likeness (QED) is 0.836. The number of anilines is 1. The normalized spacial score (nSPS) is 19.4.